The van der Waals surface area contributed by atoms with Crippen LogP contribution in [0.2, 0.25) is 19.6 Å². The molecule has 12 rings (SSSR count). The molecule has 0 fully saturated rings. The number of hydrogen-bond donors (Lipinski definition) is 0. The summed E-state index contributed by atoms with van der Waals surface area (Å²) in [6, 6.07) is 68.2. The Balaban J connectivity index is 0.000000285. The normalized spacial score (nSPS) is 11.8. The first-order chi connectivity index (χ1) is 33.5. The standard InChI is InChI=1S/C49H37N2O2.C14H16NSi.Ir/c1-29(2)38-25-34(33-23-21-32(22-24-33)31-13-6-5-7-14-31)26-39(30(3)4)47(38)51-43-19-10-9-18-42(43)50-49(51)37-17-12-16-36-41-28-45-40(27-46(41)53-48(36)37)35-15-8-11-20-44(35)52-45;1-16(2,3)13-9-10-14(15-11-13)12-7-5-4-6-8-12;/h5-16,18-30H,1-4H3;4-7,9-11H,1-3H3;/q2*-1;. The van der Waals surface area contributed by atoms with Gasteiger partial charge in [0, 0.05) is 48.1 Å². The van der Waals surface area contributed by atoms with Crippen molar-refractivity contribution in [3.05, 3.63) is 205 Å². The van der Waals surface area contributed by atoms with Gasteiger partial charge >= 0.3 is 0 Å². The number of aromatic nitrogens is 3. The first-order valence-electron chi connectivity index (χ1n) is 23.9. The summed E-state index contributed by atoms with van der Waals surface area (Å²) < 4.78 is 15.4. The molecule has 0 saturated heterocycles. The van der Waals surface area contributed by atoms with E-state index in [2.05, 4.69) is 196 Å². The van der Waals surface area contributed by atoms with Crippen molar-refractivity contribution in [2.45, 2.75) is 59.2 Å². The molecule has 0 amide bonds. The van der Waals surface area contributed by atoms with Crippen molar-refractivity contribution >= 4 is 68.2 Å². The van der Waals surface area contributed by atoms with Crippen LogP contribution in [0.3, 0.4) is 0 Å². The van der Waals surface area contributed by atoms with Crippen molar-refractivity contribution < 1.29 is 28.9 Å². The quantitative estimate of drug-likeness (QED) is 0.112. The average Bonchev–Trinajstić information content (AvgIpc) is 4.06. The predicted molar refractivity (Wildman–Crippen MR) is 290 cm³/mol. The second kappa shape index (κ2) is 19.0. The summed E-state index contributed by atoms with van der Waals surface area (Å²) in [6.45, 7) is 16.1. The molecule has 12 aromatic rings. The number of rotatable bonds is 8. The summed E-state index contributed by atoms with van der Waals surface area (Å²) in [5.74, 6) is 1.31. The zero-order valence-electron chi connectivity index (χ0n) is 40.5. The van der Waals surface area contributed by atoms with E-state index in [1.807, 2.05) is 54.7 Å². The van der Waals surface area contributed by atoms with Crippen LogP contribution in [0, 0.1) is 12.1 Å². The molecule has 4 aromatic heterocycles. The molecule has 0 atom stereocenters. The van der Waals surface area contributed by atoms with E-state index in [0.717, 1.165) is 77.6 Å². The zero-order valence-corrected chi connectivity index (χ0v) is 43.9. The number of benzene rings is 8. The Hall–Kier alpha value is -7.15. The molecule has 0 unspecified atom stereocenters. The van der Waals surface area contributed by atoms with Gasteiger partial charge in [0.15, 0.2) is 0 Å². The van der Waals surface area contributed by atoms with Gasteiger partial charge in [0.05, 0.1) is 30.5 Å². The number of para-hydroxylation sites is 3. The molecule has 1 radical (unpaired) electrons. The summed E-state index contributed by atoms with van der Waals surface area (Å²) >= 11 is 0. The van der Waals surface area contributed by atoms with Gasteiger partial charge < -0.3 is 18.4 Å². The molecule has 5 nitrogen and oxygen atoms in total. The van der Waals surface area contributed by atoms with Gasteiger partial charge in [-0.1, -0.05) is 155 Å². The van der Waals surface area contributed by atoms with Gasteiger partial charge in [-0.15, -0.1) is 54.1 Å². The van der Waals surface area contributed by atoms with Crippen LogP contribution >= 0.6 is 0 Å². The number of pyridine rings is 1. The summed E-state index contributed by atoms with van der Waals surface area (Å²) in [5.41, 5.74) is 16.8. The molecule has 0 aliphatic rings. The Morgan fingerprint density at radius 1 is 0.529 bits per heavy atom. The first-order valence-corrected chi connectivity index (χ1v) is 27.4. The minimum atomic E-state index is -1.23. The van der Waals surface area contributed by atoms with E-state index in [0.29, 0.717) is 0 Å². The van der Waals surface area contributed by atoms with Crippen LogP contribution in [0.4, 0.5) is 0 Å². The minimum Gasteiger partial charge on any atom is -0.501 e. The number of furan rings is 2. The maximum Gasteiger partial charge on any atom is 0.136 e. The van der Waals surface area contributed by atoms with E-state index in [9.17, 15) is 0 Å². The maximum absolute atomic E-state index is 6.80. The fourth-order valence-corrected chi connectivity index (χ4v) is 10.6. The second-order valence-electron chi connectivity index (χ2n) is 19.6. The third kappa shape index (κ3) is 8.64. The van der Waals surface area contributed by atoms with Crippen LogP contribution in [0.1, 0.15) is 50.7 Å². The zero-order chi connectivity index (χ0) is 47.4. The summed E-state index contributed by atoms with van der Waals surface area (Å²) in [7, 11) is -1.23. The number of hydrogen-bond acceptors (Lipinski definition) is 4. The SMILES string of the molecule is CC(C)c1cc(-c2ccc(-c3ccccc3)cc2)cc(C(C)C)c1-n1c(-c2[c-]ccc3c2oc2cc4c(cc23)oc2ccccc24)nc2ccccc21.C[Si](C)(C)c1ccc(-c2[c-]cccc2)nc1.[Ir]. The van der Waals surface area contributed by atoms with Gasteiger partial charge in [-0.3, -0.25) is 4.98 Å². The van der Waals surface area contributed by atoms with E-state index in [4.69, 9.17) is 13.8 Å². The Bertz CT molecular complexity index is 3780. The summed E-state index contributed by atoms with van der Waals surface area (Å²) in [4.78, 5) is 9.86. The molecule has 7 heteroatoms. The van der Waals surface area contributed by atoms with E-state index >= 15 is 0 Å². The largest absolute Gasteiger partial charge is 0.501 e. The molecule has 70 heavy (non-hydrogen) atoms. The van der Waals surface area contributed by atoms with Crippen molar-refractivity contribution in [1.82, 2.24) is 14.5 Å². The molecule has 0 saturated carbocycles. The van der Waals surface area contributed by atoms with E-state index in [1.165, 1.54) is 44.3 Å². The van der Waals surface area contributed by atoms with Gasteiger partial charge in [-0.05, 0) is 98.6 Å². The molecule has 0 bridgehead atoms. The topological polar surface area (TPSA) is 57.0 Å². The minimum absolute atomic E-state index is 0. The Morgan fingerprint density at radius 2 is 1.16 bits per heavy atom. The smallest absolute Gasteiger partial charge is 0.136 e. The molecule has 4 heterocycles. The number of imidazole rings is 1. The van der Waals surface area contributed by atoms with Crippen LogP contribution in [-0.4, -0.2) is 22.6 Å². The van der Waals surface area contributed by atoms with Gasteiger partial charge in [0.1, 0.15) is 16.7 Å². The van der Waals surface area contributed by atoms with Crippen molar-refractivity contribution in [3.8, 4) is 50.6 Å². The van der Waals surface area contributed by atoms with Crippen molar-refractivity contribution in [3.63, 3.8) is 0 Å². The van der Waals surface area contributed by atoms with Crippen LogP contribution in [-0.2, 0) is 20.1 Å². The van der Waals surface area contributed by atoms with Crippen LogP contribution < -0.4 is 5.19 Å². The van der Waals surface area contributed by atoms with Gasteiger partial charge in [-0.2, -0.15) is 0 Å². The molecule has 347 valence electrons. The second-order valence-corrected chi connectivity index (χ2v) is 24.7. The van der Waals surface area contributed by atoms with E-state index in [-0.39, 0.29) is 31.9 Å². The molecule has 0 aliphatic heterocycles. The Morgan fingerprint density at radius 3 is 1.83 bits per heavy atom. The van der Waals surface area contributed by atoms with E-state index < -0.39 is 8.07 Å². The van der Waals surface area contributed by atoms with Crippen LogP contribution in [0.5, 0.6) is 0 Å². The molecule has 0 N–H and O–H groups in total. The fourth-order valence-electron chi connectivity index (χ4n) is 9.57. The molecule has 8 aromatic carbocycles. The monoisotopic (exact) mass is 1100 g/mol. The first kappa shape index (κ1) is 46.6. The number of fused-ring (bicyclic) bond motifs is 7. The van der Waals surface area contributed by atoms with Crippen molar-refractivity contribution in [2.24, 2.45) is 0 Å². The third-order valence-corrected chi connectivity index (χ3v) is 15.3. The van der Waals surface area contributed by atoms with E-state index in [1.54, 1.807) is 0 Å². The van der Waals surface area contributed by atoms with Crippen molar-refractivity contribution in [2.75, 3.05) is 0 Å². The molecule has 0 spiro atoms. The van der Waals surface area contributed by atoms with Crippen LogP contribution in [0.25, 0.3) is 105 Å². The number of nitrogens with zero attached hydrogens (tertiary/aromatic N) is 3. The van der Waals surface area contributed by atoms with Gasteiger partial charge in [0.2, 0.25) is 0 Å². The van der Waals surface area contributed by atoms with Crippen molar-refractivity contribution in [1.29, 1.82) is 0 Å². The predicted octanol–water partition coefficient (Wildman–Crippen LogP) is 17.0. The fraction of sp³-hybridized carbons (Fsp3) is 0.143. The Kier molecular flexibility index (Phi) is 12.6. The molecular formula is C63H53IrN3O2Si-2. The molecular weight excluding hydrogens is 1050 g/mol. The summed E-state index contributed by atoms with van der Waals surface area (Å²) in [5, 5.41) is 5.54. The van der Waals surface area contributed by atoms with Gasteiger partial charge in [0.25, 0.3) is 0 Å². The summed E-state index contributed by atoms with van der Waals surface area (Å²) in [6.07, 6.45) is 2.02. The molecule has 0 aliphatic carbocycles. The Labute approximate surface area is 424 Å². The van der Waals surface area contributed by atoms with Gasteiger partial charge in [-0.25, -0.2) is 0 Å². The maximum atomic E-state index is 6.80. The average molecular weight is 1100 g/mol. The third-order valence-electron chi connectivity index (χ3n) is 13.3. The van der Waals surface area contributed by atoms with Crippen LogP contribution in [0.15, 0.2) is 191 Å².